The number of cyclic esters (lactones) is 2. The second-order valence-corrected chi connectivity index (χ2v) is 5.31. The first-order valence-electron chi connectivity index (χ1n) is 7.26. The van der Waals surface area contributed by atoms with Crippen molar-refractivity contribution in [2.45, 2.75) is 38.5 Å². The predicted molar refractivity (Wildman–Crippen MR) is 72.9 cm³/mol. The van der Waals surface area contributed by atoms with Gasteiger partial charge in [-0.15, -0.1) is 0 Å². The van der Waals surface area contributed by atoms with Crippen molar-refractivity contribution >= 4 is 11.9 Å². The Hall–Kier alpha value is -1.84. The summed E-state index contributed by atoms with van der Waals surface area (Å²) in [6, 6.07) is 3.67. The van der Waals surface area contributed by atoms with Gasteiger partial charge in [0.25, 0.3) is 0 Å². The first kappa shape index (κ1) is 13.2. The van der Waals surface area contributed by atoms with E-state index in [4.69, 9.17) is 9.47 Å². The molecule has 0 saturated carbocycles. The number of rotatable bonds is 0. The van der Waals surface area contributed by atoms with Gasteiger partial charge in [-0.3, -0.25) is 0 Å². The molecule has 0 unspecified atom stereocenters. The number of aryl methyl sites for hydroxylation is 1. The molecule has 106 valence electrons. The van der Waals surface area contributed by atoms with Crippen LogP contribution in [0.3, 0.4) is 0 Å². The third kappa shape index (κ3) is 2.42. The Bertz CT molecular complexity index is 548. The van der Waals surface area contributed by atoms with Gasteiger partial charge in [0.15, 0.2) is 0 Å². The lowest BCUT2D eigenvalue weighted by atomic mass is 9.94. The second-order valence-electron chi connectivity index (χ2n) is 5.31. The fourth-order valence-electron chi connectivity index (χ4n) is 2.91. The zero-order valence-corrected chi connectivity index (χ0v) is 11.4. The molecule has 0 saturated heterocycles. The molecule has 4 heteroatoms. The summed E-state index contributed by atoms with van der Waals surface area (Å²) >= 11 is 0. The Balaban J connectivity index is 2.12. The van der Waals surface area contributed by atoms with E-state index < -0.39 is 0 Å². The van der Waals surface area contributed by atoms with Crippen molar-refractivity contribution in [3.63, 3.8) is 0 Å². The summed E-state index contributed by atoms with van der Waals surface area (Å²) < 4.78 is 10.6. The zero-order chi connectivity index (χ0) is 13.9. The minimum absolute atomic E-state index is 0.284. The van der Waals surface area contributed by atoms with Gasteiger partial charge in [-0.1, -0.05) is 6.07 Å². The van der Waals surface area contributed by atoms with Crippen LogP contribution >= 0.6 is 0 Å². The monoisotopic (exact) mass is 274 g/mol. The fraction of sp³-hybridized carbons (Fsp3) is 0.500. The molecule has 0 fully saturated rings. The summed E-state index contributed by atoms with van der Waals surface area (Å²) in [6.45, 7) is 0.770. The van der Waals surface area contributed by atoms with Gasteiger partial charge in [0.1, 0.15) is 0 Å². The third-order valence-electron chi connectivity index (χ3n) is 3.95. The minimum atomic E-state index is -0.315. The number of hydrogen-bond acceptors (Lipinski definition) is 4. The Morgan fingerprint density at radius 2 is 1.50 bits per heavy atom. The molecule has 0 spiro atoms. The highest BCUT2D eigenvalue weighted by Crippen LogP contribution is 2.28. The van der Waals surface area contributed by atoms with Crippen LogP contribution in [0.25, 0.3) is 0 Å². The molecule has 1 aromatic carbocycles. The highest BCUT2D eigenvalue weighted by atomic mass is 16.5. The van der Waals surface area contributed by atoms with Crippen molar-refractivity contribution in [2.24, 2.45) is 0 Å². The van der Waals surface area contributed by atoms with Crippen LogP contribution in [0, 0.1) is 0 Å². The fourth-order valence-corrected chi connectivity index (χ4v) is 2.91. The number of ether oxygens (including phenoxy) is 2. The Morgan fingerprint density at radius 3 is 2.30 bits per heavy atom. The lowest BCUT2D eigenvalue weighted by molar-refractivity contribution is 0.0442. The normalized spacial score (nSPS) is 19.4. The quantitative estimate of drug-likeness (QED) is 0.682. The summed E-state index contributed by atoms with van der Waals surface area (Å²) in [5.41, 5.74) is 2.96. The molecule has 1 heterocycles. The highest BCUT2D eigenvalue weighted by Gasteiger charge is 2.26. The maximum Gasteiger partial charge on any atom is 0.338 e. The standard InChI is InChI=1S/C16H18O4/c17-15-13-8-7-11-5-1-2-6-12(13)14(11)16(18)20-10-4-3-9-19-15/h7-8H,1-6,9-10H2. The molecule has 20 heavy (non-hydrogen) atoms. The Labute approximate surface area is 118 Å². The lowest BCUT2D eigenvalue weighted by Crippen LogP contribution is -2.15. The third-order valence-corrected chi connectivity index (χ3v) is 3.95. The number of benzene rings is 1. The van der Waals surface area contributed by atoms with E-state index in [1.165, 1.54) is 0 Å². The van der Waals surface area contributed by atoms with Crippen LogP contribution in [0.2, 0.25) is 0 Å². The van der Waals surface area contributed by atoms with Crippen LogP contribution in [-0.4, -0.2) is 25.2 Å². The SMILES string of the molecule is O=C1OCCCCOC(=O)c2c3ccc1c2CCCC3. The van der Waals surface area contributed by atoms with E-state index in [0.717, 1.165) is 49.7 Å². The molecule has 0 radical (unpaired) electrons. The molecule has 0 aromatic heterocycles. The molecule has 4 nitrogen and oxygen atoms in total. The van der Waals surface area contributed by atoms with Crippen LogP contribution in [-0.2, 0) is 22.3 Å². The number of esters is 2. The summed E-state index contributed by atoms with van der Waals surface area (Å²) in [5.74, 6) is -0.599. The van der Waals surface area contributed by atoms with Gasteiger partial charge in [0.05, 0.1) is 24.3 Å². The van der Waals surface area contributed by atoms with Gasteiger partial charge in [0, 0.05) is 0 Å². The molecule has 1 aliphatic heterocycles. The van der Waals surface area contributed by atoms with Crippen LogP contribution in [0.5, 0.6) is 0 Å². The predicted octanol–water partition coefficient (Wildman–Crippen LogP) is 2.67. The van der Waals surface area contributed by atoms with E-state index in [1.807, 2.05) is 6.07 Å². The van der Waals surface area contributed by atoms with Crippen LogP contribution in [0.15, 0.2) is 12.1 Å². The van der Waals surface area contributed by atoms with Crippen molar-refractivity contribution < 1.29 is 19.1 Å². The number of carbonyl (C=O) groups excluding carboxylic acids is 2. The number of carbonyl (C=O) groups is 2. The topological polar surface area (TPSA) is 52.6 Å². The van der Waals surface area contributed by atoms with Crippen molar-refractivity contribution in [1.82, 2.24) is 0 Å². The highest BCUT2D eigenvalue weighted by molar-refractivity contribution is 5.99. The molecular formula is C16H18O4. The smallest absolute Gasteiger partial charge is 0.338 e. The molecule has 0 atom stereocenters. The minimum Gasteiger partial charge on any atom is -0.462 e. The van der Waals surface area contributed by atoms with Gasteiger partial charge < -0.3 is 9.47 Å². The largest absolute Gasteiger partial charge is 0.462 e. The summed E-state index contributed by atoms with van der Waals surface area (Å²) in [6.07, 6.45) is 5.06. The van der Waals surface area contributed by atoms with Crippen molar-refractivity contribution in [1.29, 1.82) is 0 Å². The van der Waals surface area contributed by atoms with Crippen molar-refractivity contribution in [3.05, 3.63) is 34.4 Å². The molecule has 4 bridgehead atoms. The maximum absolute atomic E-state index is 12.3. The lowest BCUT2D eigenvalue weighted by Gasteiger charge is -2.13. The molecule has 1 aromatic rings. The molecule has 0 N–H and O–H groups in total. The Morgan fingerprint density at radius 1 is 0.800 bits per heavy atom. The average Bonchev–Trinajstić information content (AvgIpc) is 2.59. The maximum atomic E-state index is 12.3. The first-order chi connectivity index (χ1) is 9.77. The number of hydrogen-bond donors (Lipinski definition) is 0. The molecular weight excluding hydrogens is 256 g/mol. The Kier molecular flexibility index (Phi) is 3.72. The summed E-state index contributed by atoms with van der Waals surface area (Å²) in [7, 11) is 0. The van der Waals surface area contributed by atoms with E-state index >= 15 is 0 Å². The van der Waals surface area contributed by atoms with E-state index in [0.29, 0.717) is 24.3 Å². The van der Waals surface area contributed by atoms with Crippen molar-refractivity contribution in [3.8, 4) is 0 Å². The van der Waals surface area contributed by atoms with E-state index in [-0.39, 0.29) is 11.9 Å². The zero-order valence-electron chi connectivity index (χ0n) is 11.4. The first-order valence-corrected chi connectivity index (χ1v) is 7.26. The molecule has 2 aliphatic rings. The average molecular weight is 274 g/mol. The van der Waals surface area contributed by atoms with Crippen LogP contribution in [0.1, 0.15) is 57.5 Å². The summed E-state index contributed by atoms with van der Waals surface area (Å²) in [4.78, 5) is 24.5. The molecule has 1 aliphatic carbocycles. The van der Waals surface area contributed by atoms with E-state index in [1.54, 1.807) is 6.07 Å². The van der Waals surface area contributed by atoms with Crippen LogP contribution in [0.4, 0.5) is 0 Å². The van der Waals surface area contributed by atoms with Gasteiger partial charge in [0.2, 0.25) is 0 Å². The van der Waals surface area contributed by atoms with Gasteiger partial charge in [-0.25, -0.2) is 9.59 Å². The summed E-state index contributed by atoms with van der Waals surface area (Å²) in [5, 5.41) is 0. The van der Waals surface area contributed by atoms with Gasteiger partial charge >= 0.3 is 11.9 Å². The molecule has 0 amide bonds. The van der Waals surface area contributed by atoms with Gasteiger partial charge in [-0.2, -0.15) is 0 Å². The van der Waals surface area contributed by atoms with Crippen LogP contribution < -0.4 is 0 Å². The van der Waals surface area contributed by atoms with E-state index in [9.17, 15) is 9.59 Å². The van der Waals surface area contributed by atoms with E-state index in [2.05, 4.69) is 0 Å². The second kappa shape index (κ2) is 5.65. The van der Waals surface area contributed by atoms with Gasteiger partial charge in [-0.05, 0) is 55.7 Å². The van der Waals surface area contributed by atoms with Crippen molar-refractivity contribution in [2.75, 3.05) is 13.2 Å². The molecule has 3 rings (SSSR count).